The minimum Gasteiger partial charge on any atom is -0.482 e. The van der Waals surface area contributed by atoms with Crippen LogP contribution in [0.1, 0.15) is 11.1 Å². The van der Waals surface area contributed by atoms with E-state index >= 15 is 0 Å². The van der Waals surface area contributed by atoms with E-state index in [9.17, 15) is 4.79 Å². The van der Waals surface area contributed by atoms with Gasteiger partial charge in [0.15, 0.2) is 6.61 Å². The third kappa shape index (κ3) is 3.74. The monoisotopic (exact) mass is 300 g/mol. The fraction of sp³-hybridized carbons (Fsp3) is 0.125. The zero-order valence-corrected chi connectivity index (χ0v) is 12.1. The molecule has 0 radical (unpaired) electrons. The van der Waals surface area contributed by atoms with Crippen molar-refractivity contribution in [2.45, 2.75) is 6.92 Å². The van der Waals surface area contributed by atoms with Crippen LogP contribution in [0.25, 0.3) is 0 Å². The Morgan fingerprint density at radius 1 is 1.29 bits per heavy atom. The number of para-hydroxylation sites is 1. The molecule has 0 fully saturated rings. The standard InChI is InChI=1S/C16H13ClN2O2/c1-11-5-2-3-7-14(11)19-16(20)10-21-15-8-4-6-13(17)12(15)9-18/h2-8H,10H2,1H3,(H,19,20). The van der Waals surface area contributed by atoms with Crippen molar-refractivity contribution in [2.75, 3.05) is 11.9 Å². The van der Waals surface area contributed by atoms with Crippen LogP contribution in [0.2, 0.25) is 5.02 Å². The molecule has 106 valence electrons. The number of benzene rings is 2. The highest BCUT2D eigenvalue weighted by molar-refractivity contribution is 6.31. The minimum atomic E-state index is -0.298. The Balaban J connectivity index is 2.01. The lowest BCUT2D eigenvalue weighted by atomic mass is 10.2. The molecule has 2 rings (SSSR count). The SMILES string of the molecule is Cc1ccccc1NC(=O)COc1cccc(Cl)c1C#N. The Labute approximate surface area is 127 Å². The molecule has 4 nitrogen and oxygen atoms in total. The number of aryl methyl sites for hydroxylation is 1. The number of hydrogen-bond acceptors (Lipinski definition) is 3. The molecule has 0 aliphatic carbocycles. The summed E-state index contributed by atoms with van der Waals surface area (Å²) in [4.78, 5) is 11.9. The Hall–Kier alpha value is -2.51. The third-order valence-corrected chi connectivity index (χ3v) is 3.18. The van der Waals surface area contributed by atoms with E-state index in [1.54, 1.807) is 18.2 Å². The van der Waals surface area contributed by atoms with Crippen LogP contribution in [0.3, 0.4) is 0 Å². The number of anilines is 1. The zero-order chi connectivity index (χ0) is 15.2. The molecule has 0 bridgehead atoms. The Kier molecular flexibility index (Phi) is 4.81. The second-order valence-electron chi connectivity index (χ2n) is 4.38. The van der Waals surface area contributed by atoms with Gasteiger partial charge in [0.2, 0.25) is 0 Å². The molecule has 0 aliphatic rings. The molecule has 5 heteroatoms. The van der Waals surface area contributed by atoms with Crippen LogP contribution in [-0.2, 0) is 4.79 Å². The summed E-state index contributed by atoms with van der Waals surface area (Å²) in [6.45, 7) is 1.71. The van der Waals surface area contributed by atoms with Crippen molar-refractivity contribution in [3.63, 3.8) is 0 Å². The highest BCUT2D eigenvalue weighted by Crippen LogP contribution is 2.25. The first kappa shape index (κ1) is 14.9. The topological polar surface area (TPSA) is 62.1 Å². The zero-order valence-electron chi connectivity index (χ0n) is 11.4. The normalized spacial score (nSPS) is 9.76. The first-order chi connectivity index (χ1) is 10.1. The molecule has 0 saturated heterocycles. The lowest BCUT2D eigenvalue weighted by molar-refractivity contribution is -0.118. The smallest absolute Gasteiger partial charge is 0.262 e. The van der Waals surface area contributed by atoms with Crippen LogP contribution in [-0.4, -0.2) is 12.5 Å². The molecule has 1 N–H and O–H groups in total. The van der Waals surface area contributed by atoms with Crippen LogP contribution in [0.5, 0.6) is 5.75 Å². The Bertz CT molecular complexity index is 708. The number of amides is 1. The average molecular weight is 301 g/mol. The molecule has 0 saturated carbocycles. The fourth-order valence-electron chi connectivity index (χ4n) is 1.78. The van der Waals surface area contributed by atoms with Crippen molar-refractivity contribution in [3.05, 3.63) is 58.6 Å². The minimum absolute atomic E-state index is 0.191. The molecule has 0 heterocycles. The Morgan fingerprint density at radius 3 is 2.76 bits per heavy atom. The predicted molar refractivity (Wildman–Crippen MR) is 81.5 cm³/mol. The quantitative estimate of drug-likeness (QED) is 0.939. The third-order valence-electron chi connectivity index (χ3n) is 2.87. The fourth-order valence-corrected chi connectivity index (χ4v) is 1.98. The summed E-state index contributed by atoms with van der Waals surface area (Å²) in [5, 5.41) is 12.1. The molecule has 2 aromatic carbocycles. The van der Waals surface area contributed by atoms with Gasteiger partial charge in [-0.15, -0.1) is 0 Å². The number of carbonyl (C=O) groups excluding carboxylic acids is 1. The van der Waals surface area contributed by atoms with Crippen molar-refractivity contribution >= 4 is 23.2 Å². The molecule has 2 aromatic rings. The summed E-state index contributed by atoms with van der Waals surface area (Å²) >= 11 is 5.89. The molecule has 0 aliphatic heterocycles. The lowest BCUT2D eigenvalue weighted by Gasteiger charge is -2.10. The van der Waals surface area contributed by atoms with E-state index in [1.807, 2.05) is 37.3 Å². The second-order valence-corrected chi connectivity index (χ2v) is 4.78. The van der Waals surface area contributed by atoms with Gasteiger partial charge < -0.3 is 10.1 Å². The van der Waals surface area contributed by atoms with Gasteiger partial charge >= 0.3 is 0 Å². The molecule has 0 atom stereocenters. The van der Waals surface area contributed by atoms with Gasteiger partial charge in [-0.3, -0.25) is 4.79 Å². The van der Waals surface area contributed by atoms with Gasteiger partial charge in [0.25, 0.3) is 5.91 Å². The van der Waals surface area contributed by atoms with Gasteiger partial charge in [-0.05, 0) is 30.7 Å². The number of halogens is 1. The number of hydrogen-bond donors (Lipinski definition) is 1. The second kappa shape index (κ2) is 6.78. The number of nitrogens with one attached hydrogen (secondary N) is 1. The summed E-state index contributed by atoms with van der Waals surface area (Å²) in [5.74, 6) is -0.00176. The largest absolute Gasteiger partial charge is 0.482 e. The van der Waals surface area contributed by atoms with E-state index in [1.165, 1.54) is 0 Å². The van der Waals surface area contributed by atoms with Crippen LogP contribution < -0.4 is 10.1 Å². The van der Waals surface area contributed by atoms with E-state index in [0.717, 1.165) is 11.3 Å². The first-order valence-corrected chi connectivity index (χ1v) is 6.66. The van der Waals surface area contributed by atoms with Gasteiger partial charge in [0.1, 0.15) is 17.4 Å². The van der Waals surface area contributed by atoms with Crippen molar-refractivity contribution in [2.24, 2.45) is 0 Å². The maximum absolute atomic E-state index is 11.9. The van der Waals surface area contributed by atoms with Gasteiger partial charge in [0.05, 0.1) is 5.02 Å². The number of ether oxygens (including phenoxy) is 1. The van der Waals surface area contributed by atoms with Crippen LogP contribution in [0.4, 0.5) is 5.69 Å². The average Bonchev–Trinajstić information content (AvgIpc) is 2.47. The van der Waals surface area contributed by atoms with E-state index < -0.39 is 0 Å². The molecular weight excluding hydrogens is 288 g/mol. The molecule has 0 unspecified atom stereocenters. The van der Waals surface area contributed by atoms with Crippen molar-refractivity contribution < 1.29 is 9.53 Å². The van der Waals surface area contributed by atoms with E-state index in [2.05, 4.69) is 5.32 Å². The summed E-state index contributed by atoms with van der Waals surface area (Å²) in [6, 6.07) is 14.3. The maximum Gasteiger partial charge on any atom is 0.262 e. The van der Waals surface area contributed by atoms with E-state index in [-0.39, 0.29) is 18.1 Å². The number of carbonyl (C=O) groups is 1. The predicted octanol–water partition coefficient (Wildman–Crippen LogP) is 3.54. The number of rotatable bonds is 4. The van der Waals surface area contributed by atoms with Gasteiger partial charge in [-0.2, -0.15) is 5.26 Å². The lowest BCUT2D eigenvalue weighted by Crippen LogP contribution is -2.20. The van der Waals surface area contributed by atoms with Crippen LogP contribution in [0.15, 0.2) is 42.5 Å². The van der Waals surface area contributed by atoms with E-state index in [0.29, 0.717) is 10.8 Å². The Morgan fingerprint density at radius 2 is 2.05 bits per heavy atom. The highest BCUT2D eigenvalue weighted by atomic mass is 35.5. The highest BCUT2D eigenvalue weighted by Gasteiger charge is 2.10. The van der Waals surface area contributed by atoms with Crippen LogP contribution >= 0.6 is 11.6 Å². The van der Waals surface area contributed by atoms with Crippen molar-refractivity contribution in [1.29, 1.82) is 5.26 Å². The van der Waals surface area contributed by atoms with Crippen LogP contribution in [0, 0.1) is 18.3 Å². The van der Waals surface area contributed by atoms with Gasteiger partial charge in [-0.25, -0.2) is 0 Å². The summed E-state index contributed by atoms with van der Waals surface area (Å²) in [6.07, 6.45) is 0. The first-order valence-electron chi connectivity index (χ1n) is 6.28. The van der Waals surface area contributed by atoms with Gasteiger partial charge in [-0.1, -0.05) is 35.9 Å². The summed E-state index contributed by atoms with van der Waals surface area (Å²) in [5.41, 5.74) is 1.92. The maximum atomic E-state index is 11.9. The number of nitriles is 1. The molecule has 0 spiro atoms. The van der Waals surface area contributed by atoms with Crippen molar-refractivity contribution in [1.82, 2.24) is 0 Å². The van der Waals surface area contributed by atoms with E-state index in [4.69, 9.17) is 21.6 Å². The molecule has 1 amide bonds. The molecule has 0 aromatic heterocycles. The molecular formula is C16H13ClN2O2. The summed E-state index contributed by atoms with van der Waals surface area (Å²) in [7, 11) is 0. The van der Waals surface area contributed by atoms with Gasteiger partial charge in [0, 0.05) is 5.69 Å². The molecule has 21 heavy (non-hydrogen) atoms. The number of nitrogens with zero attached hydrogens (tertiary/aromatic N) is 1. The van der Waals surface area contributed by atoms with Crippen molar-refractivity contribution in [3.8, 4) is 11.8 Å². The summed E-state index contributed by atoms with van der Waals surface area (Å²) < 4.78 is 5.36.